The second-order valence-electron chi connectivity index (χ2n) is 7.16. The minimum atomic E-state index is -3.47. The summed E-state index contributed by atoms with van der Waals surface area (Å²) in [6.45, 7) is 2.58. The zero-order valence-electron chi connectivity index (χ0n) is 14.4. The molecule has 25 heavy (non-hydrogen) atoms. The second kappa shape index (κ2) is 6.70. The van der Waals surface area contributed by atoms with Gasteiger partial charge in [-0.25, -0.2) is 8.42 Å². The zero-order valence-corrected chi connectivity index (χ0v) is 15.2. The lowest BCUT2D eigenvalue weighted by molar-refractivity contribution is -0.134. The van der Waals surface area contributed by atoms with Gasteiger partial charge in [0.25, 0.3) is 0 Å². The van der Waals surface area contributed by atoms with Crippen LogP contribution in [-0.2, 0) is 27.7 Å². The number of nitrogens with one attached hydrogen (secondary N) is 1. The Morgan fingerprint density at radius 1 is 1.04 bits per heavy atom. The van der Waals surface area contributed by atoms with E-state index in [0.717, 1.165) is 38.6 Å². The fourth-order valence-electron chi connectivity index (χ4n) is 4.12. The van der Waals surface area contributed by atoms with Crippen LogP contribution in [0.15, 0.2) is 23.1 Å². The Labute approximate surface area is 149 Å². The lowest BCUT2D eigenvalue weighted by atomic mass is 10.1. The van der Waals surface area contributed by atoms with Crippen molar-refractivity contribution in [2.24, 2.45) is 0 Å². The Kier molecular flexibility index (Phi) is 4.56. The molecule has 1 unspecified atom stereocenters. The number of hydrogen-bond donors (Lipinski definition) is 1. The van der Waals surface area contributed by atoms with Crippen LogP contribution < -0.4 is 5.32 Å². The van der Waals surface area contributed by atoms with Gasteiger partial charge in [-0.05, 0) is 61.9 Å². The molecule has 136 valence electrons. The number of amides is 1. The molecule has 4 rings (SSSR count). The summed E-state index contributed by atoms with van der Waals surface area (Å²) >= 11 is 0. The van der Waals surface area contributed by atoms with Crippen LogP contribution in [0.3, 0.4) is 0 Å². The van der Waals surface area contributed by atoms with Gasteiger partial charge in [0, 0.05) is 26.2 Å². The Hall–Kier alpha value is -1.44. The third kappa shape index (κ3) is 3.20. The zero-order chi connectivity index (χ0) is 17.4. The SMILES string of the molecule is O=C(C1CCCN1)N1CCN(S(=O)(=O)c2ccc3c(c2)CCC3)CC1. The molecule has 1 N–H and O–H groups in total. The highest BCUT2D eigenvalue weighted by Gasteiger charge is 2.33. The molecule has 6 nitrogen and oxygen atoms in total. The summed E-state index contributed by atoms with van der Waals surface area (Å²) in [4.78, 5) is 14.6. The van der Waals surface area contributed by atoms with E-state index in [1.165, 1.54) is 15.4 Å². The number of piperazine rings is 1. The molecule has 2 fully saturated rings. The highest BCUT2D eigenvalue weighted by Crippen LogP contribution is 2.26. The molecular weight excluding hydrogens is 338 g/mol. The van der Waals surface area contributed by atoms with Gasteiger partial charge >= 0.3 is 0 Å². The van der Waals surface area contributed by atoms with E-state index < -0.39 is 10.0 Å². The van der Waals surface area contributed by atoms with E-state index in [9.17, 15) is 13.2 Å². The van der Waals surface area contributed by atoms with Gasteiger partial charge in [0.1, 0.15) is 0 Å². The summed E-state index contributed by atoms with van der Waals surface area (Å²) in [7, 11) is -3.47. The molecule has 1 aliphatic carbocycles. The minimum absolute atomic E-state index is 0.0835. The van der Waals surface area contributed by atoms with Crippen LogP contribution >= 0.6 is 0 Å². The molecule has 7 heteroatoms. The van der Waals surface area contributed by atoms with Crippen LogP contribution in [0.2, 0.25) is 0 Å². The molecule has 1 amide bonds. The van der Waals surface area contributed by atoms with Crippen LogP contribution in [0.4, 0.5) is 0 Å². The van der Waals surface area contributed by atoms with Crippen LogP contribution in [0.25, 0.3) is 0 Å². The quantitative estimate of drug-likeness (QED) is 0.861. The van der Waals surface area contributed by atoms with Crippen LogP contribution in [-0.4, -0.2) is 62.3 Å². The number of rotatable bonds is 3. The Bertz CT molecular complexity index is 764. The summed E-state index contributed by atoms with van der Waals surface area (Å²) in [5.74, 6) is 0.118. The van der Waals surface area contributed by atoms with Gasteiger partial charge in [-0.1, -0.05) is 6.07 Å². The minimum Gasteiger partial charge on any atom is -0.339 e. The highest BCUT2D eigenvalue weighted by molar-refractivity contribution is 7.89. The van der Waals surface area contributed by atoms with Crippen molar-refractivity contribution in [3.63, 3.8) is 0 Å². The molecule has 0 spiro atoms. The van der Waals surface area contributed by atoms with E-state index in [1.807, 2.05) is 12.1 Å². The van der Waals surface area contributed by atoms with Gasteiger partial charge in [-0.15, -0.1) is 0 Å². The predicted octanol–water partition coefficient (Wildman–Crippen LogP) is 0.760. The van der Waals surface area contributed by atoms with Gasteiger partial charge < -0.3 is 10.2 Å². The van der Waals surface area contributed by atoms with Gasteiger partial charge in [-0.3, -0.25) is 4.79 Å². The maximum absolute atomic E-state index is 12.9. The standard InChI is InChI=1S/C18H25N3O3S/c22-18(17-5-2-8-19-17)20-9-11-21(12-10-20)25(23,24)16-7-6-14-3-1-4-15(14)13-16/h6-7,13,17,19H,1-5,8-12H2. The topological polar surface area (TPSA) is 69.7 Å². The maximum atomic E-state index is 12.9. The first kappa shape index (κ1) is 17.0. The summed E-state index contributed by atoms with van der Waals surface area (Å²) < 4.78 is 27.4. The molecule has 0 aromatic heterocycles. The molecule has 0 bridgehead atoms. The number of carbonyl (C=O) groups excluding carboxylic acids is 1. The van der Waals surface area contributed by atoms with Gasteiger partial charge in [0.15, 0.2) is 0 Å². The Morgan fingerprint density at radius 3 is 2.52 bits per heavy atom. The van der Waals surface area contributed by atoms with Crippen LogP contribution in [0, 0.1) is 0 Å². The smallest absolute Gasteiger partial charge is 0.243 e. The van der Waals surface area contributed by atoms with E-state index in [1.54, 1.807) is 11.0 Å². The van der Waals surface area contributed by atoms with Gasteiger partial charge in [-0.2, -0.15) is 4.31 Å². The summed E-state index contributed by atoms with van der Waals surface area (Å²) in [6.07, 6.45) is 5.03. The first-order chi connectivity index (χ1) is 12.1. The maximum Gasteiger partial charge on any atom is 0.243 e. The van der Waals surface area contributed by atoms with Crippen molar-refractivity contribution in [1.29, 1.82) is 0 Å². The van der Waals surface area contributed by atoms with Crippen molar-refractivity contribution < 1.29 is 13.2 Å². The number of carbonyl (C=O) groups is 1. The molecule has 0 saturated carbocycles. The van der Waals surface area contributed by atoms with Crippen molar-refractivity contribution in [3.8, 4) is 0 Å². The molecule has 2 heterocycles. The largest absolute Gasteiger partial charge is 0.339 e. The van der Waals surface area contributed by atoms with Crippen molar-refractivity contribution in [3.05, 3.63) is 29.3 Å². The average molecular weight is 363 g/mol. The summed E-state index contributed by atoms with van der Waals surface area (Å²) in [5, 5.41) is 3.22. The van der Waals surface area contributed by atoms with Crippen LogP contribution in [0.5, 0.6) is 0 Å². The van der Waals surface area contributed by atoms with Crippen molar-refractivity contribution >= 4 is 15.9 Å². The summed E-state index contributed by atoms with van der Waals surface area (Å²) in [5.41, 5.74) is 2.45. The molecule has 1 atom stereocenters. The van der Waals surface area contributed by atoms with E-state index >= 15 is 0 Å². The predicted molar refractivity (Wildman–Crippen MR) is 94.8 cm³/mol. The molecule has 2 saturated heterocycles. The fourth-order valence-corrected chi connectivity index (χ4v) is 5.60. The average Bonchev–Trinajstić information content (AvgIpc) is 3.32. The Balaban J connectivity index is 1.43. The van der Waals surface area contributed by atoms with E-state index in [0.29, 0.717) is 31.1 Å². The monoisotopic (exact) mass is 363 g/mol. The fraction of sp³-hybridized carbons (Fsp3) is 0.611. The Morgan fingerprint density at radius 2 is 1.80 bits per heavy atom. The third-order valence-corrected chi connectivity index (χ3v) is 7.51. The van der Waals surface area contributed by atoms with Crippen molar-refractivity contribution in [1.82, 2.24) is 14.5 Å². The van der Waals surface area contributed by atoms with Gasteiger partial charge in [0.2, 0.25) is 15.9 Å². The lowest BCUT2D eigenvalue weighted by Crippen LogP contribution is -2.54. The van der Waals surface area contributed by atoms with Gasteiger partial charge in [0.05, 0.1) is 10.9 Å². The molecule has 1 aromatic rings. The van der Waals surface area contributed by atoms with Crippen LogP contribution in [0.1, 0.15) is 30.4 Å². The normalized spacial score (nSPS) is 24.5. The van der Waals surface area contributed by atoms with E-state index in [2.05, 4.69) is 5.32 Å². The second-order valence-corrected chi connectivity index (χ2v) is 9.10. The third-order valence-electron chi connectivity index (χ3n) is 5.62. The molecule has 2 aliphatic heterocycles. The van der Waals surface area contributed by atoms with E-state index in [4.69, 9.17) is 0 Å². The molecular formula is C18H25N3O3S. The van der Waals surface area contributed by atoms with Crippen molar-refractivity contribution in [2.45, 2.75) is 43.0 Å². The summed E-state index contributed by atoms with van der Waals surface area (Å²) in [6, 6.07) is 5.46. The number of fused-ring (bicyclic) bond motifs is 1. The number of hydrogen-bond acceptors (Lipinski definition) is 4. The van der Waals surface area contributed by atoms with Crippen molar-refractivity contribution in [2.75, 3.05) is 32.7 Å². The lowest BCUT2D eigenvalue weighted by Gasteiger charge is -2.35. The number of nitrogens with zero attached hydrogens (tertiary/aromatic N) is 2. The molecule has 1 aromatic carbocycles. The van der Waals surface area contributed by atoms with E-state index in [-0.39, 0.29) is 11.9 Å². The number of aryl methyl sites for hydroxylation is 2. The highest BCUT2D eigenvalue weighted by atomic mass is 32.2. The molecule has 3 aliphatic rings. The first-order valence-electron chi connectivity index (χ1n) is 9.20. The number of sulfonamides is 1. The number of benzene rings is 1. The molecule has 0 radical (unpaired) electrons. The first-order valence-corrected chi connectivity index (χ1v) is 10.6.